The fourth-order valence-electron chi connectivity index (χ4n) is 1.49. The number of carboxylic acids is 1. The lowest BCUT2D eigenvalue weighted by Crippen LogP contribution is -2.27. The van der Waals surface area contributed by atoms with E-state index in [2.05, 4.69) is 4.72 Å². The first-order valence-corrected chi connectivity index (χ1v) is 8.09. The number of nitrogens with one attached hydrogen (secondary N) is 1. The largest absolute Gasteiger partial charge is 0.478 e. The van der Waals surface area contributed by atoms with Gasteiger partial charge in [-0.3, -0.25) is 0 Å². The van der Waals surface area contributed by atoms with Crippen molar-refractivity contribution in [2.45, 2.75) is 11.8 Å². The molecular formula is C11H15NO4S2. The van der Waals surface area contributed by atoms with Crippen LogP contribution in [-0.4, -0.2) is 38.0 Å². The minimum atomic E-state index is -3.65. The van der Waals surface area contributed by atoms with Gasteiger partial charge in [-0.2, -0.15) is 11.8 Å². The average molecular weight is 289 g/mol. The van der Waals surface area contributed by atoms with Gasteiger partial charge >= 0.3 is 5.97 Å². The van der Waals surface area contributed by atoms with Gasteiger partial charge in [-0.1, -0.05) is 6.07 Å². The van der Waals surface area contributed by atoms with Gasteiger partial charge in [0.05, 0.1) is 10.5 Å². The van der Waals surface area contributed by atoms with Crippen LogP contribution in [0.25, 0.3) is 0 Å². The minimum absolute atomic E-state index is 0.00254. The lowest BCUT2D eigenvalue weighted by molar-refractivity contribution is 0.0696. The van der Waals surface area contributed by atoms with E-state index in [0.717, 1.165) is 0 Å². The van der Waals surface area contributed by atoms with Gasteiger partial charge in [0.25, 0.3) is 0 Å². The quantitative estimate of drug-likeness (QED) is 0.772. The van der Waals surface area contributed by atoms with Crippen LogP contribution in [0.3, 0.4) is 0 Å². The van der Waals surface area contributed by atoms with Crippen molar-refractivity contribution >= 4 is 27.8 Å². The Labute approximate surface area is 111 Å². The molecule has 0 unspecified atom stereocenters. The molecule has 7 heteroatoms. The highest BCUT2D eigenvalue weighted by atomic mass is 32.2. The molecule has 0 heterocycles. The molecule has 1 aromatic carbocycles. The van der Waals surface area contributed by atoms with Crippen molar-refractivity contribution in [3.05, 3.63) is 29.3 Å². The fraction of sp³-hybridized carbons (Fsp3) is 0.364. The van der Waals surface area contributed by atoms with E-state index in [1.54, 1.807) is 0 Å². The van der Waals surface area contributed by atoms with Crippen molar-refractivity contribution in [2.75, 3.05) is 18.6 Å². The second kappa shape index (κ2) is 6.21. The van der Waals surface area contributed by atoms with Crippen LogP contribution >= 0.6 is 11.8 Å². The van der Waals surface area contributed by atoms with Crippen LogP contribution in [0.2, 0.25) is 0 Å². The van der Waals surface area contributed by atoms with Gasteiger partial charge < -0.3 is 5.11 Å². The second-order valence-electron chi connectivity index (χ2n) is 3.62. The summed E-state index contributed by atoms with van der Waals surface area (Å²) in [5, 5.41) is 8.95. The lowest BCUT2D eigenvalue weighted by Gasteiger charge is -2.10. The van der Waals surface area contributed by atoms with Crippen LogP contribution in [0.15, 0.2) is 23.1 Å². The molecule has 0 atom stereocenters. The van der Waals surface area contributed by atoms with Crippen LogP contribution in [0.5, 0.6) is 0 Å². The molecule has 0 aliphatic rings. The minimum Gasteiger partial charge on any atom is -0.478 e. The van der Waals surface area contributed by atoms with E-state index in [1.807, 2.05) is 6.26 Å². The van der Waals surface area contributed by atoms with Crippen molar-refractivity contribution in [2.24, 2.45) is 0 Å². The number of thioether (sulfide) groups is 1. The van der Waals surface area contributed by atoms with Gasteiger partial charge in [-0.05, 0) is 30.9 Å². The Morgan fingerprint density at radius 2 is 2.11 bits per heavy atom. The van der Waals surface area contributed by atoms with E-state index in [4.69, 9.17) is 5.11 Å². The second-order valence-corrected chi connectivity index (χ2v) is 6.35. The van der Waals surface area contributed by atoms with E-state index in [0.29, 0.717) is 12.3 Å². The number of carboxylic acid groups (broad SMARTS) is 1. The number of rotatable bonds is 6. The van der Waals surface area contributed by atoms with Crippen molar-refractivity contribution in [3.63, 3.8) is 0 Å². The highest BCUT2D eigenvalue weighted by molar-refractivity contribution is 7.98. The Balaban J connectivity index is 3.09. The molecule has 1 aromatic rings. The maximum atomic E-state index is 12.0. The van der Waals surface area contributed by atoms with Crippen molar-refractivity contribution in [1.29, 1.82) is 0 Å². The summed E-state index contributed by atoms with van der Waals surface area (Å²) in [7, 11) is -3.65. The van der Waals surface area contributed by atoms with E-state index in [9.17, 15) is 13.2 Å². The Morgan fingerprint density at radius 1 is 1.44 bits per heavy atom. The molecule has 0 bridgehead atoms. The van der Waals surface area contributed by atoms with Crippen LogP contribution in [-0.2, 0) is 10.0 Å². The van der Waals surface area contributed by atoms with E-state index in [1.165, 1.54) is 36.9 Å². The van der Waals surface area contributed by atoms with Crippen LogP contribution in [0.4, 0.5) is 0 Å². The van der Waals surface area contributed by atoms with Gasteiger partial charge in [0.15, 0.2) is 0 Å². The average Bonchev–Trinajstić information content (AvgIpc) is 2.28. The van der Waals surface area contributed by atoms with Crippen molar-refractivity contribution in [3.8, 4) is 0 Å². The molecule has 100 valence electrons. The summed E-state index contributed by atoms with van der Waals surface area (Å²) >= 11 is 1.53. The van der Waals surface area contributed by atoms with Gasteiger partial charge in [0.1, 0.15) is 0 Å². The van der Waals surface area contributed by atoms with Gasteiger partial charge in [0, 0.05) is 12.3 Å². The van der Waals surface area contributed by atoms with Gasteiger partial charge in [0.2, 0.25) is 10.0 Å². The number of benzene rings is 1. The first-order valence-electron chi connectivity index (χ1n) is 5.21. The first kappa shape index (κ1) is 15.0. The number of hydrogen-bond donors (Lipinski definition) is 2. The van der Waals surface area contributed by atoms with Gasteiger partial charge in [-0.15, -0.1) is 0 Å². The van der Waals surface area contributed by atoms with Crippen molar-refractivity contribution < 1.29 is 18.3 Å². The number of aromatic carboxylic acids is 1. The predicted octanol–water partition coefficient (Wildman–Crippen LogP) is 1.33. The molecule has 0 saturated carbocycles. The Bertz CT molecular complexity index is 540. The molecule has 0 aliphatic heterocycles. The fourth-order valence-corrected chi connectivity index (χ4v) is 3.23. The Morgan fingerprint density at radius 3 is 2.67 bits per heavy atom. The molecule has 0 amide bonds. The monoisotopic (exact) mass is 289 g/mol. The van der Waals surface area contributed by atoms with Gasteiger partial charge in [-0.25, -0.2) is 17.9 Å². The van der Waals surface area contributed by atoms with E-state index >= 15 is 0 Å². The standard InChI is InChI=1S/C11H15NO4S2/c1-8-9(11(13)14)4-3-5-10(8)18(15,16)12-6-7-17-2/h3-5,12H,6-7H2,1-2H3,(H,13,14). The van der Waals surface area contributed by atoms with Crippen LogP contribution < -0.4 is 4.72 Å². The molecule has 2 N–H and O–H groups in total. The molecule has 0 fully saturated rings. The third kappa shape index (κ3) is 3.47. The first-order chi connectivity index (χ1) is 8.40. The molecule has 0 aromatic heterocycles. The molecule has 5 nitrogen and oxygen atoms in total. The smallest absolute Gasteiger partial charge is 0.335 e. The zero-order valence-electron chi connectivity index (χ0n) is 10.1. The van der Waals surface area contributed by atoms with Crippen molar-refractivity contribution in [1.82, 2.24) is 4.72 Å². The normalized spacial score (nSPS) is 11.4. The highest BCUT2D eigenvalue weighted by Crippen LogP contribution is 2.18. The topological polar surface area (TPSA) is 83.5 Å². The summed E-state index contributed by atoms with van der Waals surface area (Å²) in [5.41, 5.74) is 0.254. The SMILES string of the molecule is CSCCNS(=O)(=O)c1cccc(C(=O)O)c1C. The van der Waals surface area contributed by atoms with Crippen LogP contribution in [0, 0.1) is 6.92 Å². The zero-order chi connectivity index (χ0) is 13.8. The third-order valence-corrected chi connectivity index (χ3v) is 4.62. The molecule has 18 heavy (non-hydrogen) atoms. The number of sulfonamides is 1. The highest BCUT2D eigenvalue weighted by Gasteiger charge is 2.19. The third-order valence-electron chi connectivity index (χ3n) is 2.40. The molecule has 0 radical (unpaired) electrons. The Kier molecular flexibility index (Phi) is 5.18. The summed E-state index contributed by atoms with van der Waals surface area (Å²) < 4.78 is 26.4. The number of hydrogen-bond acceptors (Lipinski definition) is 4. The van der Waals surface area contributed by atoms with E-state index < -0.39 is 16.0 Å². The summed E-state index contributed by atoms with van der Waals surface area (Å²) in [5.74, 6) is -0.467. The molecule has 1 rings (SSSR count). The Hall–Kier alpha value is -1.05. The van der Waals surface area contributed by atoms with Crippen LogP contribution in [0.1, 0.15) is 15.9 Å². The maximum absolute atomic E-state index is 12.0. The maximum Gasteiger partial charge on any atom is 0.335 e. The molecule has 0 aliphatic carbocycles. The summed E-state index contributed by atoms with van der Waals surface area (Å²) in [6, 6.07) is 4.22. The predicted molar refractivity (Wildman–Crippen MR) is 71.7 cm³/mol. The molecule has 0 saturated heterocycles. The van der Waals surface area contributed by atoms with E-state index in [-0.39, 0.29) is 16.0 Å². The summed E-state index contributed by atoms with van der Waals surface area (Å²) in [6.07, 6.45) is 1.88. The molecule has 0 spiro atoms. The summed E-state index contributed by atoms with van der Waals surface area (Å²) in [4.78, 5) is 11.0. The number of carbonyl (C=O) groups is 1. The lowest BCUT2D eigenvalue weighted by atomic mass is 10.1. The molecular weight excluding hydrogens is 274 g/mol. The summed E-state index contributed by atoms with van der Waals surface area (Å²) in [6.45, 7) is 1.81. The zero-order valence-corrected chi connectivity index (χ0v) is 11.8.